The number of carbonyl (C=O) groups is 3. The number of hydrogen-bond donors (Lipinski definition) is 3. The van der Waals surface area contributed by atoms with E-state index >= 15 is 0 Å². The van der Waals surface area contributed by atoms with Gasteiger partial charge in [0.2, 0.25) is 5.91 Å². The molecule has 222 valence electrons. The highest BCUT2D eigenvalue weighted by Crippen LogP contribution is 2.32. The van der Waals surface area contributed by atoms with Crippen LogP contribution in [0, 0.1) is 11.6 Å². The highest BCUT2D eigenvalue weighted by Gasteiger charge is 2.32. The van der Waals surface area contributed by atoms with Crippen LogP contribution in [0.1, 0.15) is 29.3 Å². The van der Waals surface area contributed by atoms with Crippen molar-refractivity contribution in [3.05, 3.63) is 58.1 Å². The summed E-state index contributed by atoms with van der Waals surface area (Å²) in [6.07, 6.45) is -5.17. The fourth-order valence-electron chi connectivity index (χ4n) is 4.61. The van der Waals surface area contributed by atoms with E-state index in [0.717, 1.165) is 17.8 Å². The number of anilines is 2. The topological polar surface area (TPSA) is 93.8 Å². The number of piperazine rings is 1. The predicted octanol–water partition coefficient (Wildman–Crippen LogP) is 4.77. The third-order valence-corrected chi connectivity index (χ3v) is 7.96. The zero-order chi connectivity index (χ0) is 29.9. The Labute approximate surface area is 241 Å². The zero-order valence-corrected chi connectivity index (χ0v) is 23.4. The van der Waals surface area contributed by atoms with Crippen LogP contribution >= 0.6 is 23.4 Å². The van der Waals surface area contributed by atoms with E-state index in [1.54, 1.807) is 17.9 Å². The van der Waals surface area contributed by atoms with Gasteiger partial charge in [0, 0.05) is 55.1 Å². The number of benzene rings is 2. The van der Waals surface area contributed by atoms with Gasteiger partial charge in [0.25, 0.3) is 11.1 Å². The third kappa shape index (κ3) is 7.80. The van der Waals surface area contributed by atoms with Crippen LogP contribution in [0.2, 0.25) is 5.02 Å². The van der Waals surface area contributed by atoms with E-state index in [1.807, 2.05) is 4.90 Å². The summed E-state index contributed by atoms with van der Waals surface area (Å²) in [5.41, 5.74) is 0.00531. The van der Waals surface area contributed by atoms with E-state index in [0.29, 0.717) is 30.3 Å². The average Bonchev–Trinajstić information content (AvgIpc) is 3.35. The summed E-state index contributed by atoms with van der Waals surface area (Å²) >= 11 is 7.12. The first-order chi connectivity index (χ1) is 19.3. The van der Waals surface area contributed by atoms with Gasteiger partial charge in [0.1, 0.15) is 6.04 Å². The second kappa shape index (κ2) is 12.8. The number of nitrogens with one attached hydrogen (secondary N) is 3. The largest absolute Gasteiger partial charge is 0.390 e. The summed E-state index contributed by atoms with van der Waals surface area (Å²) in [4.78, 5) is 40.0. The first-order valence-corrected chi connectivity index (χ1v) is 14.0. The minimum Gasteiger partial charge on any atom is -0.367 e. The first-order valence-electron chi connectivity index (χ1n) is 12.7. The molecule has 0 radical (unpaired) electrons. The van der Waals surface area contributed by atoms with Crippen LogP contribution in [-0.4, -0.2) is 72.1 Å². The number of halogens is 6. The lowest BCUT2D eigenvalue weighted by molar-refractivity contribution is -0.139. The highest BCUT2D eigenvalue weighted by molar-refractivity contribution is 8.14. The van der Waals surface area contributed by atoms with Crippen molar-refractivity contribution in [3.63, 3.8) is 0 Å². The molecular weight excluding hydrogens is 593 g/mol. The van der Waals surface area contributed by atoms with Gasteiger partial charge in [0.05, 0.1) is 23.4 Å². The summed E-state index contributed by atoms with van der Waals surface area (Å²) in [5.74, 6) is -3.96. The molecule has 0 bridgehead atoms. The molecule has 2 aliphatic heterocycles. The van der Waals surface area contributed by atoms with E-state index in [9.17, 15) is 36.3 Å². The smallest absolute Gasteiger partial charge is 0.367 e. The van der Waals surface area contributed by atoms with Crippen molar-refractivity contribution in [1.29, 1.82) is 0 Å². The molecule has 2 aliphatic rings. The van der Waals surface area contributed by atoms with Gasteiger partial charge >= 0.3 is 6.18 Å². The summed E-state index contributed by atoms with van der Waals surface area (Å²) in [7, 11) is 0. The molecule has 3 amide bonds. The van der Waals surface area contributed by atoms with Gasteiger partial charge in [-0.05, 0) is 31.2 Å². The molecule has 8 nitrogen and oxygen atoms in total. The van der Waals surface area contributed by atoms with Crippen LogP contribution in [0.3, 0.4) is 0 Å². The number of nitrogens with zero attached hydrogens (tertiary/aromatic N) is 2. The van der Waals surface area contributed by atoms with Crippen LogP contribution in [0.25, 0.3) is 0 Å². The fourth-order valence-corrected chi connectivity index (χ4v) is 5.56. The lowest BCUT2D eigenvalue weighted by Gasteiger charge is -2.41. The van der Waals surface area contributed by atoms with Crippen LogP contribution < -0.4 is 20.9 Å². The van der Waals surface area contributed by atoms with Gasteiger partial charge in [0.15, 0.2) is 11.6 Å². The highest BCUT2D eigenvalue weighted by atomic mass is 35.5. The summed E-state index contributed by atoms with van der Waals surface area (Å²) in [6.45, 7) is 2.39. The molecule has 0 saturated carbocycles. The number of alkyl halides is 3. The van der Waals surface area contributed by atoms with Crippen molar-refractivity contribution in [2.24, 2.45) is 0 Å². The molecule has 0 aliphatic carbocycles. The number of rotatable bonds is 8. The number of amides is 3. The second-order valence-corrected chi connectivity index (χ2v) is 11.2. The van der Waals surface area contributed by atoms with E-state index < -0.39 is 47.7 Å². The molecule has 2 saturated heterocycles. The van der Waals surface area contributed by atoms with E-state index in [1.165, 1.54) is 18.2 Å². The van der Waals surface area contributed by atoms with Crippen molar-refractivity contribution < 1.29 is 36.3 Å². The van der Waals surface area contributed by atoms with Crippen LogP contribution in [0.4, 0.5) is 38.1 Å². The molecule has 4 rings (SSSR count). The molecule has 2 atom stereocenters. The van der Waals surface area contributed by atoms with Gasteiger partial charge in [-0.25, -0.2) is 8.78 Å². The molecule has 0 unspecified atom stereocenters. The lowest BCUT2D eigenvalue weighted by atomic mass is 10.1. The monoisotopic (exact) mass is 619 g/mol. The minimum atomic E-state index is -4.25. The normalized spacial score (nSPS) is 19.7. The number of carbonyl (C=O) groups excluding carboxylic acids is 3. The molecule has 0 spiro atoms. The molecule has 15 heteroatoms. The first kappa shape index (κ1) is 30.8. The Hall–Kier alpha value is -3.10. The second-order valence-electron chi connectivity index (χ2n) is 9.73. The minimum absolute atomic E-state index is 0.127. The zero-order valence-electron chi connectivity index (χ0n) is 21.8. The molecule has 2 heterocycles. The lowest BCUT2D eigenvalue weighted by Crippen LogP contribution is -2.52. The standard InChI is InChI=1S/C26H27ClF5N5O3S/c1-14-12-37(9-8-36(14)7-6-26(30,31)32)20-10-16(27)3-5-18(20)34-23(38)17-4-2-15(21(28)22(17)29)11-33-24(39)19-13-41-25(40)35-19/h2-5,10,14,19H,6-9,11-13H2,1H3,(H,33,39)(H,34,38)(H,35,40)/t14-,19-/m0/s1. The van der Waals surface area contributed by atoms with E-state index in [4.69, 9.17) is 11.6 Å². The van der Waals surface area contributed by atoms with Crippen LogP contribution in [0.5, 0.6) is 0 Å². The Balaban J connectivity index is 1.43. The molecule has 2 aromatic rings. The molecular formula is C26H27ClF5N5O3S. The summed E-state index contributed by atoms with van der Waals surface area (Å²) in [5, 5.41) is 7.47. The molecule has 41 heavy (non-hydrogen) atoms. The number of hydrogen-bond acceptors (Lipinski definition) is 6. The quantitative estimate of drug-likeness (QED) is 0.369. The van der Waals surface area contributed by atoms with Crippen LogP contribution in [0.15, 0.2) is 30.3 Å². The van der Waals surface area contributed by atoms with Crippen molar-refractivity contribution in [3.8, 4) is 0 Å². The Morgan fingerprint density at radius 1 is 1.15 bits per heavy atom. The maximum Gasteiger partial charge on any atom is 0.390 e. The van der Waals surface area contributed by atoms with Gasteiger partial charge in [-0.15, -0.1) is 0 Å². The maximum atomic E-state index is 14.9. The third-order valence-electron chi connectivity index (χ3n) is 6.85. The molecule has 0 aromatic heterocycles. The summed E-state index contributed by atoms with van der Waals surface area (Å²) < 4.78 is 67.8. The van der Waals surface area contributed by atoms with Crippen molar-refractivity contribution in [2.45, 2.75) is 38.1 Å². The van der Waals surface area contributed by atoms with Gasteiger partial charge < -0.3 is 20.9 Å². The van der Waals surface area contributed by atoms with Gasteiger partial charge in [-0.2, -0.15) is 13.2 Å². The fraction of sp³-hybridized carbons (Fsp3) is 0.423. The van der Waals surface area contributed by atoms with Crippen molar-refractivity contribution >= 4 is 51.8 Å². The Bertz CT molecular complexity index is 1330. The number of thioether (sulfide) groups is 1. The van der Waals surface area contributed by atoms with E-state index in [-0.39, 0.29) is 41.4 Å². The van der Waals surface area contributed by atoms with Gasteiger partial charge in [-0.1, -0.05) is 29.4 Å². The van der Waals surface area contributed by atoms with E-state index in [2.05, 4.69) is 16.0 Å². The SMILES string of the molecule is C[C@H]1CN(c2cc(Cl)ccc2NC(=O)c2ccc(CNC(=O)[C@@H]3CSC(=O)N3)c(F)c2F)CCN1CCC(F)(F)F. The van der Waals surface area contributed by atoms with Gasteiger partial charge in [-0.3, -0.25) is 19.3 Å². The Morgan fingerprint density at radius 3 is 2.56 bits per heavy atom. The molecule has 3 N–H and O–H groups in total. The summed E-state index contributed by atoms with van der Waals surface area (Å²) in [6, 6.07) is 5.89. The maximum absolute atomic E-state index is 14.9. The van der Waals surface area contributed by atoms with Crippen LogP contribution in [-0.2, 0) is 11.3 Å². The Kier molecular flexibility index (Phi) is 9.65. The van der Waals surface area contributed by atoms with Crippen molar-refractivity contribution in [1.82, 2.24) is 15.5 Å². The Morgan fingerprint density at radius 2 is 1.90 bits per heavy atom. The molecule has 2 fully saturated rings. The predicted molar refractivity (Wildman–Crippen MR) is 146 cm³/mol. The average molecular weight is 620 g/mol. The molecule has 2 aromatic carbocycles. The van der Waals surface area contributed by atoms with Crippen molar-refractivity contribution in [2.75, 3.05) is 42.1 Å².